The van der Waals surface area contributed by atoms with Gasteiger partial charge in [-0.2, -0.15) is 0 Å². The molecule has 0 radical (unpaired) electrons. The first-order valence-corrected chi connectivity index (χ1v) is 9.34. The molecule has 0 unspecified atom stereocenters. The summed E-state index contributed by atoms with van der Waals surface area (Å²) in [5.41, 5.74) is 1.53. The van der Waals surface area contributed by atoms with Crippen LogP contribution in [0.15, 0.2) is 53.0 Å². The van der Waals surface area contributed by atoms with Gasteiger partial charge in [-0.05, 0) is 50.2 Å². The minimum absolute atomic E-state index is 0.00720. The largest absolute Gasteiger partial charge is 0.372 e. The van der Waals surface area contributed by atoms with Crippen molar-refractivity contribution in [2.75, 3.05) is 18.4 Å². The number of benzene rings is 2. The number of hydrogen-bond acceptors (Lipinski definition) is 3. The minimum atomic E-state index is -0.249. The van der Waals surface area contributed by atoms with Gasteiger partial charge < -0.3 is 15.0 Å². The van der Waals surface area contributed by atoms with E-state index in [2.05, 4.69) is 21.2 Å². The van der Waals surface area contributed by atoms with E-state index in [9.17, 15) is 9.59 Å². The van der Waals surface area contributed by atoms with Crippen LogP contribution in [0, 0.1) is 0 Å². The van der Waals surface area contributed by atoms with E-state index in [0.717, 1.165) is 4.47 Å². The molecule has 0 bridgehead atoms. The van der Waals surface area contributed by atoms with Crippen LogP contribution in [0.4, 0.5) is 5.69 Å². The Kier molecular flexibility index (Phi) is 5.74. The highest BCUT2D eigenvalue weighted by molar-refractivity contribution is 9.10. The van der Waals surface area contributed by atoms with E-state index < -0.39 is 0 Å². The van der Waals surface area contributed by atoms with Crippen molar-refractivity contribution in [2.45, 2.75) is 26.1 Å². The molecule has 2 aromatic carbocycles. The van der Waals surface area contributed by atoms with Crippen molar-refractivity contribution < 1.29 is 14.3 Å². The maximum absolute atomic E-state index is 13.0. The number of ether oxygens (including phenoxy) is 1. The molecule has 2 amide bonds. The average molecular weight is 417 g/mol. The third-order valence-electron chi connectivity index (χ3n) is 4.22. The first-order valence-electron chi connectivity index (χ1n) is 8.54. The second kappa shape index (κ2) is 8.01. The predicted octanol–water partition coefficient (Wildman–Crippen LogP) is 3.95. The molecule has 26 heavy (non-hydrogen) atoms. The van der Waals surface area contributed by atoms with E-state index in [1.54, 1.807) is 41.3 Å². The topological polar surface area (TPSA) is 58.6 Å². The number of hydrogen-bond donors (Lipinski definition) is 1. The summed E-state index contributed by atoms with van der Waals surface area (Å²) in [4.78, 5) is 27.3. The summed E-state index contributed by atoms with van der Waals surface area (Å²) in [6, 6.07) is 14.2. The van der Waals surface area contributed by atoms with Crippen molar-refractivity contribution in [3.63, 3.8) is 0 Å². The lowest BCUT2D eigenvalue weighted by Crippen LogP contribution is -2.48. The van der Waals surface area contributed by atoms with Gasteiger partial charge in [-0.1, -0.05) is 28.1 Å². The highest BCUT2D eigenvalue weighted by atomic mass is 79.9. The van der Waals surface area contributed by atoms with Crippen LogP contribution < -0.4 is 5.32 Å². The average Bonchev–Trinajstić information content (AvgIpc) is 2.61. The number of amides is 2. The van der Waals surface area contributed by atoms with Crippen LogP contribution in [0.3, 0.4) is 0 Å². The van der Waals surface area contributed by atoms with Gasteiger partial charge in [-0.15, -0.1) is 0 Å². The Balaban J connectivity index is 1.80. The van der Waals surface area contributed by atoms with Crippen LogP contribution in [0.5, 0.6) is 0 Å². The molecule has 5 nitrogen and oxygen atoms in total. The number of anilines is 1. The molecular formula is C20H21BrN2O3. The van der Waals surface area contributed by atoms with Gasteiger partial charge in [0, 0.05) is 23.1 Å². The summed E-state index contributed by atoms with van der Waals surface area (Å²) in [6.45, 7) is 4.99. The first kappa shape index (κ1) is 18.6. The Hall–Kier alpha value is -2.18. The fourth-order valence-corrected chi connectivity index (χ4v) is 3.35. The van der Waals surface area contributed by atoms with Crippen molar-refractivity contribution in [3.05, 3.63) is 64.1 Å². The molecule has 1 N–H and O–H groups in total. The molecule has 1 aliphatic heterocycles. The first-order chi connectivity index (χ1) is 12.4. The molecule has 3 rings (SSSR count). The van der Waals surface area contributed by atoms with E-state index in [-0.39, 0.29) is 24.0 Å². The van der Waals surface area contributed by atoms with Crippen LogP contribution in [-0.4, -0.2) is 42.0 Å². The molecule has 1 heterocycles. The quantitative estimate of drug-likeness (QED) is 0.823. The maximum Gasteiger partial charge on any atom is 0.256 e. The number of rotatable bonds is 3. The second-order valence-corrected chi connectivity index (χ2v) is 7.39. The summed E-state index contributed by atoms with van der Waals surface area (Å²) >= 11 is 3.35. The van der Waals surface area contributed by atoms with E-state index in [1.807, 2.05) is 26.0 Å². The Bertz CT molecular complexity index is 797. The SMILES string of the molecule is C[C@@H]1CN(C(=O)c2ccccc2NC(=O)c2ccc(Br)cc2)C[C@H](C)O1. The molecule has 136 valence electrons. The summed E-state index contributed by atoms with van der Waals surface area (Å²) in [7, 11) is 0. The monoisotopic (exact) mass is 416 g/mol. The molecule has 6 heteroatoms. The number of nitrogens with one attached hydrogen (secondary N) is 1. The lowest BCUT2D eigenvalue weighted by Gasteiger charge is -2.35. The highest BCUT2D eigenvalue weighted by Crippen LogP contribution is 2.21. The third kappa shape index (κ3) is 4.31. The van der Waals surface area contributed by atoms with E-state index >= 15 is 0 Å². The summed E-state index contributed by atoms with van der Waals surface area (Å²) < 4.78 is 6.60. The summed E-state index contributed by atoms with van der Waals surface area (Å²) in [5, 5.41) is 2.86. The standard InChI is InChI=1S/C20H21BrN2O3/c1-13-11-23(12-14(2)26-13)20(25)17-5-3-4-6-18(17)22-19(24)15-7-9-16(21)10-8-15/h3-10,13-14H,11-12H2,1-2H3,(H,22,24)/t13-,14+. The molecule has 0 aliphatic carbocycles. The van der Waals surface area contributed by atoms with Gasteiger partial charge in [0.2, 0.25) is 0 Å². The molecule has 1 saturated heterocycles. The van der Waals surface area contributed by atoms with Crippen molar-refractivity contribution in [3.8, 4) is 0 Å². The van der Waals surface area contributed by atoms with Gasteiger partial charge in [-0.3, -0.25) is 9.59 Å². The zero-order valence-corrected chi connectivity index (χ0v) is 16.3. The minimum Gasteiger partial charge on any atom is -0.372 e. The molecule has 1 aliphatic rings. The number of carbonyl (C=O) groups is 2. The normalized spacial score (nSPS) is 19.9. The fourth-order valence-electron chi connectivity index (χ4n) is 3.09. The number of halogens is 1. The van der Waals surface area contributed by atoms with Gasteiger partial charge in [0.15, 0.2) is 0 Å². The summed E-state index contributed by atoms with van der Waals surface area (Å²) in [5.74, 6) is -0.347. The third-order valence-corrected chi connectivity index (χ3v) is 4.75. The van der Waals surface area contributed by atoms with Crippen molar-refractivity contribution >= 4 is 33.4 Å². The Morgan fingerprint density at radius 1 is 1.04 bits per heavy atom. The van der Waals surface area contributed by atoms with E-state index in [1.165, 1.54) is 0 Å². The molecule has 0 aromatic heterocycles. The van der Waals surface area contributed by atoms with Gasteiger partial charge in [-0.25, -0.2) is 0 Å². The predicted molar refractivity (Wildman–Crippen MR) is 104 cm³/mol. The molecule has 0 spiro atoms. The number of nitrogens with zero attached hydrogens (tertiary/aromatic N) is 1. The summed E-state index contributed by atoms with van der Waals surface area (Å²) in [6.07, 6.45) is -0.0144. The van der Waals surface area contributed by atoms with E-state index in [4.69, 9.17) is 4.74 Å². The van der Waals surface area contributed by atoms with Gasteiger partial charge in [0.05, 0.1) is 23.5 Å². The maximum atomic E-state index is 13.0. The van der Waals surface area contributed by atoms with Crippen LogP contribution in [0.25, 0.3) is 0 Å². The zero-order chi connectivity index (χ0) is 18.7. The molecule has 0 saturated carbocycles. The van der Waals surface area contributed by atoms with Crippen LogP contribution in [0.2, 0.25) is 0 Å². The lowest BCUT2D eigenvalue weighted by molar-refractivity contribution is -0.0585. The van der Waals surface area contributed by atoms with Crippen molar-refractivity contribution in [2.24, 2.45) is 0 Å². The fraction of sp³-hybridized carbons (Fsp3) is 0.300. The molecular weight excluding hydrogens is 396 g/mol. The van der Waals surface area contributed by atoms with Crippen LogP contribution in [0.1, 0.15) is 34.6 Å². The Morgan fingerprint density at radius 2 is 1.65 bits per heavy atom. The molecule has 1 fully saturated rings. The second-order valence-electron chi connectivity index (χ2n) is 6.47. The number of morpholine rings is 1. The van der Waals surface area contributed by atoms with Gasteiger partial charge in [0.25, 0.3) is 11.8 Å². The van der Waals surface area contributed by atoms with Crippen LogP contribution in [-0.2, 0) is 4.74 Å². The van der Waals surface area contributed by atoms with Crippen LogP contribution >= 0.6 is 15.9 Å². The zero-order valence-electron chi connectivity index (χ0n) is 14.7. The van der Waals surface area contributed by atoms with E-state index in [0.29, 0.717) is 29.9 Å². The van der Waals surface area contributed by atoms with Gasteiger partial charge in [0.1, 0.15) is 0 Å². The number of para-hydroxylation sites is 1. The smallest absolute Gasteiger partial charge is 0.256 e. The van der Waals surface area contributed by atoms with Crippen molar-refractivity contribution in [1.29, 1.82) is 0 Å². The van der Waals surface area contributed by atoms with Gasteiger partial charge >= 0.3 is 0 Å². The molecule has 2 aromatic rings. The molecule has 2 atom stereocenters. The lowest BCUT2D eigenvalue weighted by atomic mass is 10.1. The Labute approximate surface area is 161 Å². The highest BCUT2D eigenvalue weighted by Gasteiger charge is 2.28. The Morgan fingerprint density at radius 3 is 2.31 bits per heavy atom. The number of carbonyl (C=O) groups excluding carboxylic acids is 2. The van der Waals surface area contributed by atoms with Crippen molar-refractivity contribution in [1.82, 2.24) is 4.90 Å².